The van der Waals surface area contributed by atoms with E-state index in [-0.39, 0.29) is 11.4 Å². The maximum atomic E-state index is 12.9. The fourth-order valence-electron chi connectivity index (χ4n) is 3.35. The molecule has 0 N–H and O–H groups in total. The van der Waals surface area contributed by atoms with Gasteiger partial charge in [-0.1, -0.05) is 30.3 Å². The van der Waals surface area contributed by atoms with Gasteiger partial charge in [0.1, 0.15) is 6.29 Å². The zero-order valence-electron chi connectivity index (χ0n) is 17.7. The number of carbonyl (C=O) groups is 1. The van der Waals surface area contributed by atoms with Crippen LogP contribution in [0.3, 0.4) is 0 Å². The van der Waals surface area contributed by atoms with Gasteiger partial charge in [0.25, 0.3) is 0 Å². The molecule has 2 rings (SSSR count). The molecule has 2 aromatic rings. The average molecular weight is 432 g/mol. The molecule has 30 heavy (non-hydrogen) atoms. The molecular weight excluding hydrogens is 402 g/mol. The van der Waals surface area contributed by atoms with Crippen LogP contribution in [0.4, 0.5) is 0 Å². The van der Waals surface area contributed by atoms with Gasteiger partial charge in [-0.2, -0.15) is 0 Å². The fraction of sp³-hybridized carbons (Fsp3) is 0.348. The minimum atomic E-state index is -3.64. The van der Waals surface area contributed by atoms with Gasteiger partial charge >= 0.3 is 0 Å². The molecule has 162 valence electrons. The summed E-state index contributed by atoms with van der Waals surface area (Å²) in [5.74, 6) is 1.08. The van der Waals surface area contributed by atoms with E-state index in [1.54, 1.807) is 55.7 Å². The molecule has 0 aliphatic rings. The number of hydrogen-bond acceptors (Lipinski definition) is 5. The van der Waals surface area contributed by atoms with E-state index < -0.39 is 15.4 Å². The standard InChI is InChI=1S/C23H29NO5S/c1-5-6-14-23(18-25,19-12-13-21(28-3)22(17-19)29-4)15-16-24(2)30(26,27)20-10-8-7-9-11-20/h5,7-13,17-18H,1,6,14-16H2,2-4H3/t23-/m1/s1. The van der Waals surface area contributed by atoms with Crippen LogP contribution < -0.4 is 9.47 Å². The molecule has 0 aliphatic heterocycles. The van der Waals surface area contributed by atoms with Crippen LogP contribution >= 0.6 is 0 Å². The highest BCUT2D eigenvalue weighted by Gasteiger charge is 2.34. The van der Waals surface area contributed by atoms with Crippen molar-refractivity contribution in [2.24, 2.45) is 0 Å². The Balaban J connectivity index is 2.35. The molecule has 0 bridgehead atoms. The Hall–Kier alpha value is -2.64. The SMILES string of the molecule is C=CCC[C@](C=O)(CCN(C)S(=O)(=O)c1ccccc1)c1ccc(OC)c(OC)c1. The van der Waals surface area contributed by atoms with E-state index >= 15 is 0 Å². The van der Waals surface area contributed by atoms with Crippen LogP contribution in [-0.4, -0.2) is 46.8 Å². The van der Waals surface area contributed by atoms with Crippen LogP contribution in [0.15, 0.2) is 66.1 Å². The van der Waals surface area contributed by atoms with Gasteiger partial charge in [0.15, 0.2) is 11.5 Å². The summed E-state index contributed by atoms with van der Waals surface area (Å²) in [5.41, 5.74) is -0.128. The first-order chi connectivity index (χ1) is 14.3. The summed E-state index contributed by atoms with van der Waals surface area (Å²) in [6, 6.07) is 13.6. The van der Waals surface area contributed by atoms with Crippen LogP contribution in [0.1, 0.15) is 24.8 Å². The first-order valence-corrected chi connectivity index (χ1v) is 11.1. The number of nitrogens with zero attached hydrogens (tertiary/aromatic N) is 1. The van der Waals surface area contributed by atoms with Crippen LogP contribution in [-0.2, 0) is 20.2 Å². The van der Waals surface area contributed by atoms with Crippen molar-refractivity contribution in [1.29, 1.82) is 0 Å². The second-order valence-corrected chi connectivity index (χ2v) is 9.11. The van der Waals surface area contributed by atoms with Crippen molar-refractivity contribution in [2.45, 2.75) is 29.6 Å². The normalized spacial score (nSPS) is 13.5. The van der Waals surface area contributed by atoms with E-state index in [0.29, 0.717) is 30.8 Å². The molecule has 0 heterocycles. The molecule has 7 heteroatoms. The largest absolute Gasteiger partial charge is 0.493 e. The number of allylic oxidation sites excluding steroid dienone is 1. The van der Waals surface area contributed by atoms with Crippen molar-refractivity contribution in [1.82, 2.24) is 4.31 Å². The van der Waals surface area contributed by atoms with Crippen molar-refractivity contribution in [3.63, 3.8) is 0 Å². The summed E-state index contributed by atoms with van der Waals surface area (Å²) < 4.78 is 37.7. The predicted octanol–water partition coefficient (Wildman–Crippen LogP) is 3.82. The number of benzene rings is 2. The van der Waals surface area contributed by atoms with Crippen molar-refractivity contribution < 1.29 is 22.7 Å². The number of aldehydes is 1. The lowest BCUT2D eigenvalue weighted by Crippen LogP contribution is -2.36. The van der Waals surface area contributed by atoms with E-state index in [9.17, 15) is 13.2 Å². The van der Waals surface area contributed by atoms with Gasteiger partial charge < -0.3 is 14.3 Å². The van der Waals surface area contributed by atoms with Crippen LogP contribution in [0.2, 0.25) is 0 Å². The third kappa shape index (κ3) is 5.09. The molecule has 0 radical (unpaired) electrons. The van der Waals surface area contributed by atoms with Gasteiger partial charge in [-0.3, -0.25) is 0 Å². The quantitative estimate of drug-likeness (QED) is 0.377. The topological polar surface area (TPSA) is 72.9 Å². The average Bonchev–Trinajstić information content (AvgIpc) is 2.79. The molecule has 0 amide bonds. The van der Waals surface area contributed by atoms with Gasteiger partial charge in [-0.25, -0.2) is 12.7 Å². The number of sulfonamides is 1. The molecule has 6 nitrogen and oxygen atoms in total. The number of methoxy groups -OCH3 is 2. The Labute approximate surface area is 179 Å². The van der Waals surface area contributed by atoms with Gasteiger partial charge in [-0.05, 0) is 49.1 Å². The lowest BCUT2D eigenvalue weighted by Gasteiger charge is -2.31. The molecule has 1 atom stereocenters. The Bertz CT molecular complexity index is 959. The van der Waals surface area contributed by atoms with E-state index in [2.05, 4.69) is 6.58 Å². The number of rotatable bonds is 12. The zero-order valence-corrected chi connectivity index (χ0v) is 18.5. The van der Waals surface area contributed by atoms with Gasteiger partial charge in [0, 0.05) is 13.6 Å². The second-order valence-electron chi connectivity index (χ2n) is 7.06. The Morgan fingerprint density at radius 2 is 1.70 bits per heavy atom. The minimum absolute atomic E-state index is 0.182. The zero-order chi connectivity index (χ0) is 22.2. The van der Waals surface area contributed by atoms with Gasteiger partial charge in [0.05, 0.1) is 24.5 Å². The molecule has 0 spiro atoms. The number of carbonyl (C=O) groups excluding carboxylic acids is 1. The monoisotopic (exact) mass is 431 g/mol. The summed E-state index contributed by atoms with van der Waals surface area (Å²) in [4.78, 5) is 12.6. The van der Waals surface area contributed by atoms with Crippen molar-refractivity contribution in [2.75, 3.05) is 27.8 Å². The fourth-order valence-corrected chi connectivity index (χ4v) is 4.55. The summed E-state index contributed by atoms with van der Waals surface area (Å²) in [6.45, 7) is 3.94. The summed E-state index contributed by atoms with van der Waals surface area (Å²) in [7, 11) is 0.968. The first-order valence-electron chi connectivity index (χ1n) is 9.65. The molecular formula is C23H29NO5S. The highest BCUT2D eigenvalue weighted by molar-refractivity contribution is 7.89. The maximum absolute atomic E-state index is 12.9. The smallest absolute Gasteiger partial charge is 0.242 e. The van der Waals surface area contributed by atoms with Gasteiger partial charge in [-0.15, -0.1) is 6.58 Å². The molecule has 0 unspecified atom stereocenters. The van der Waals surface area contributed by atoms with Crippen molar-refractivity contribution in [3.8, 4) is 11.5 Å². The molecule has 0 fully saturated rings. The third-order valence-electron chi connectivity index (χ3n) is 5.30. The summed E-state index contributed by atoms with van der Waals surface area (Å²) in [6.07, 6.45) is 4.10. The number of ether oxygens (including phenoxy) is 2. The Kier molecular flexibility index (Phi) is 8.20. The highest BCUT2D eigenvalue weighted by Crippen LogP contribution is 2.37. The van der Waals surface area contributed by atoms with E-state index in [0.717, 1.165) is 11.8 Å². The second kappa shape index (κ2) is 10.4. The summed E-state index contributed by atoms with van der Waals surface area (Å²) in [5, 5.41) is 0. The lowest BCUT2D eigenvalue weighted by atomic mass is 9.75. The van der Waals surface area contributed by atoms with Crippen LogP contribution in [0.25, 0.3) is 0 Å². The molecule has 2 aromatic carbocycles. The van der Waals surface area contributed by atoms with E-state index in [1.807, 2.05) is 6.07 Å². The molecule has 0 aromatic heterocycles. The van der Waals surface area contributed by atoms with Crippen molar-refractivity contribution >= 4 is 16.3 Å². The summed E-state index contributed by atoms with van der Waals surface area (Å²) >= 11 is 0. The maximum Gasteiger partial charge on any atom is 0.242 e. The minimum Gasteiger partial charge on any atom is -0.493 e. The van der Waals surface area contributed by atoms with Crippen LogP contribution in [0, 0.1) is 0 Å². The van der Waals surface area contributed by atoms with Crippen LogP contribution in [0.5, 0.6) is 11.5 Å². The Morgan fingerprint density at radius 3 is 2.27 bits per heavy atom. The first kappa shape index (κ1) is 23.6. The molecule has 0 aliphatic carbocycles. The number of hydrogen-bond donors (Lipinski definition) is 0. The molecule has 0 saturated heterocycles. The lowest BCUT2D eigenvalue weighted by molar-refractivity contribution is -0.113. The predicted molar refractivity (Wildman–Crippen MR) is 118 cm³/mol. The molecule has 0 saturated carbocycles. The third-order valence-corrected chi connectivity index (χ3v) is 7.17. The van der Waals surface area contributed by atoms with Crippen molar-refractivity contribution in [3.05, 3.63) is 66.7 Å². The van der Waals surface area contributed by atoms with E-state index in [4.69, 9.17) is 9.47 Å². The highest BCUT2D eigenvalue weighted by atomic mass is 32.2. The van der Waals surface area contributed by atoms with Gasteiger partial charge in [0.2, 0.25) is 10.0 Å². The van der Waals surface area contributed by atoms with E-state index in [1.165, 1.54) is 18.5 Å². The Morgan fingerprint density at radius 1 is 1.03 bits per heavy atom.